The molecule has 0 radical (unpaired) electrons. The van der Waals surface area contributed by atoms with Crippen molar-refractivity contribution >= 4 is 35.0 Å². The number of nitro benzene ring substituents is 1. The first-order chi connectivity index (χ1) is 12.0. The molecule has 1 N–H and O–H groups in total. The minimum absolute atomic E-state index is 0.00895. The number of hydrogen-bond donors (Lipinski definition) is 1. The summed E-state index contributed by atoms with van der Waals surface area (Å²) in [4.78, 5) is 34.9. The lowest BCUT2D eigenvalue weighted by atomic mass is 10.2. The van der Waals surface area contributed by atoms with Gasteiger partial charge in [-0.05, 0) is 35.9 Å². The Kier molecular flexibility index (Phi) is 4.99. The fraction of sp³-hybridized carbons (Fsp3) is 0.176. The molecule has 0 aliphatic carbocycles. The van der Waals surface area contributed by atoms with Crippen LogP contribution in [0.25, 0.3) is 0 Å². The van der Waals surface area contributed by atoms with Crippen molar-refractivity contribution in [1.29, 1.82) is 0 Å². The molecule has 8 heteroatoms. The Morgan fingerprint density at radius 3 is 2.72 bits per heavy atom. The Morgan fingerprint density at radius 2 is 2.00 bits per heavy atom. The third-order valence-corrected chi connectivity index (χ3v) is 4.67. The predicted octanol–water partition coefficient (Wildman–Crippen LogP) is 3.39. The number of nitro groups is 1. The van der Waals surface area contributed by atoms with E-state index in [4.69, 9.17) is 4.74 Å². The van der Waals surface area contributed by atoms with Crippen LogP contribution in [-0.2, 0) is 16.1 Å². The Balaban J connectivity index is 1.67. The van der Waals surface area contributed by atoms with E-state index >= 15 is 0 Å². The molecule has 0 saturated heterocycles. The van der Waals surface area contributed by atoms with Gasteiger partial charge in [-0.2, -0.15) is 0 Å². The van der Waals surface area contributed by atoms with Gasteiger partial charge in [-0.3, -0.25) is 14.9 Å². The number of ether oxygens (including phenoxy) is 1. The zero-order valence-electron chi connectivity index (χ0n) is 13.1. The first-order valence-electron chi connectivity index (χ1n) is 7.50. The van der Waals surface area contributed by atoms with Gasteiger partial charge in [-0.15, -0.1) is 11.8 Å². The van der Waals surface area contributed by atoms with Crippen LogP contribution in [0, 0.1) is 10.1 Å². The van der Waals surface area contributed by atoms with Gasteiger partial charge in [-0.25, -0.2) is 4.79 Å². The summed E-state index contributed by atoms with van der Waals surface area (Å²) in [7, 11) is 0. The average molecular weight is 358 g/mol. The molecular weight excluding hydrogens is 344 g/mol. The highest BCUT2D eigenvalue weighted by Gasteiger charge is 2.16. The van der Waals surface area contributed by atoms with Gasteiger partial charge in [0.2, 0.25) is 5.91 Å². The van der Waals surface area contributed by atoms with Crippen LogP contribution < -0.4 is 5.32 Å². The Labute approximate surface area is 147 Å². The number of esters is 1. The fourth-order valence-electron chi connectivity index (χ4n) is 2.29. The van der Waals surface area contributed by atoms with Crippen molar-refractivity contribution in [3.05, 3.63) is 63.7 Å². The molecule has 1 heterocycles. The van der Waals surface area contributed by atoms with E-state index in [2.05, 4.69) is 5.32 Å². The highest BCUT2D eigenvalue weighted by Crippen LogP contribution is 2.31. The molecule has 1 aliphatic rings. The van der Waals surface area contributed by atoms with Gasteiger partial charge in [0, 0.05) is 29.2 Å². The number of carbonyl (C=O) groups is 2. The molecule has 0 bridgehead atoms. The van der Waals surface area contributed by atoms with E-state index in [9.17, 15) is 19.7 Å². The summed E-state index contributed by atoms with van der Waals surface area (Å²) in [6, 6.07) is 10.8. The normalized spacial score (nSPS) is 13.4. The first kappa shape index (κ1) is 17.0. The number of carbonyl (C=O) groups excluding carboxylic acids is 2. The second-order valence-corrected chi connectivity index (χ2v) is 6.49. The van der Waals surface area contributed by atoms with Gasteiger partial charge in [0.05, 0.1) is 16.2 Å². The van der Waals surface area contributed by atoms with Gasteiger partial charge >= 0.3 is 5.97 Å². The summed E-state index contributed by atoms with van der Waals surface area (Å²) < 4.78 is 5.24. The molecule has 0 saturated carbocycles. The zero-order chi connectivity index (χ0) is 17.8. The minimum atomic E-state index is -0.523. The van der Waals surface area contributed by atoms with Crippen molar-refractivity contribution in [2.45, 2.75) is 17.9 Å². The van der Waals surface area contributed by atoms with Crippen LogP contribution in [0.2, 0.25) is 0 Å². The predicted molar refractivity (Wildman–Crippen MR) is 92.6 cm³/mol. The van der Waals surface area contributed by atoms with Gasteiger partial charge in [-0.1, -0.05) is 0 Å². The molecule has 7 nitrogen and oxygen atoms in total. The molecule has 25 heavy (non-hydrogen) atoms. The maximum absolute atomic E-state index is 12.2. The van der Waals surface area contributed by atoms with E-state index in [1.807, 2.05) is 0 Å². The first-order valence-corrected chi connectivity index (χ1v) is 8.48. The van der Waals surface area contributed by atoms with Crippen molar-refractivity contribution in [1.82, 2.24) is 0 Å². The highest BCUT2D eigenvalue weighted by atomic mass is 32.2. The van der Waals surface area contributed by atoms with Crippen molar-refractivity contribution in [3.63, 3.8) is 0 Å². The van der Waals surface area contributed by atoms with E-state index in [-0.39, 0.29) is 18.2 Å². The van der Waals surface area contributed by atoms with E-state index in [1.165, 1.54) is 12.1 Å². The summed E-state index contributed by atoms with van der Waals surface area (Å²) >= 11 is 1.56. The smallest absolute Gasteiger partial charge is 0.338 e. The third kappa shape index (κ3) is 4.16. The number of fused-ring (bicyclic) bond motifs is 1. The topological polar surface area (TPSA) is 98.5 Å². The van der Waals surface area contributed by atoms with Crippen molar-refractivity contribution in [2.75, 3.05) is 11.1 Å². The fourth-order valence-corrected chi connectivity index (χ4v) is 3.23. The van der Waals surface area contributed by atoms with Crippen LogP contribution in [0.1, 0.15) is 22.3 Å². The quantitative estimate of drug-likeness (QED) is 0.511. The minimum Gasteiger partial charge on any atom is -0.457 e. The summed E-state index contributed by atoms with van der Waals surface area (Å²) in [5.41, 5.74) is 1.58. The Hall–Kier alpha value is -2.87. The van der Waals surface area contributed by atoms with Crippen molar-refractivity contribution in [3.8, 4) is 0 Å². The largest absolute Gasteiger partial charge is 0.457 e. The monoisotopic (exact) mass is 358 g/mol. The average Bonchev–Trinajstić information content (AvgIpc) is 2.79. The summed E-state index contributed by atoms with van der Waals surface area (Å²) in [6.07, 6.45) is 0.430. The van der Waals surface area contributed by atoms with Gasteiger partial charge in [0.25, 0.3) is 5.69 Å². The van der Waals surface area contributed by atoms with E-state index in [1.54, 1.807) is 42.1 Å². The maximum atomic E-state index is 12.2. The molecule has 0 fully saturated rings. The number of rotatable bonds is 4. The summed E-state index contributed by atoms with van der Waals surface area (Å²) in [6.45, 7) is 0.00895. The van der Waals surface area contributed by atoms with Gasteiger partial charge in [0.1, 0.15) is 6.61 Å². The highest BCUT2D eigenvalue weighted by molar-refractivity contribution is 7.99. The molecule has 0 spiro atoms. The summed E-state index contributed by atoms with van der Waals surface area (Å²) in [5.74, 6) is 0.0928. The number of benzene rings is 2. The molecule has 1 amide bonds. The van der Waals surface area contributed by atoms with E-state index < -0.39 is 10.9 Å². The van der Waals surface area contributed by atoms with Crippen LogP contribution in [0.4, 0.5) is 11.4 Å². The van der Waals surface area contributed by atoms with Crippen LogP contribution in [-0.4, -0.2) is 22.6 Å². The molecule has 3 rings (SSSR count). The molecule has 0 atom stereocenters. The second kappa shape index (κ2) is 7.35. The van der Waals surface area contributed by atoms with Crippen LogP contribution >= 0.6 is 11.8 Å². The number of thioether (sulfide) groups is 1. The third-order valence-electron chi connectivity index (χ3n) is 3.59. The second-order valence-electron chi connectivity index (χ2n) is 5.36. The van der Waals surface area contributed by atoms with Crippen molar-refractivity contribution < 1.29 is 19.2 Å². The number of amides is 1. The Bertz CT molecular complexity index is 835. The molecule has 128 valence electrons. The Morgan fingerprint density at radius 1 is 1.24 bits per heavy atom. The van der Waals surface area contributed by atoms with Crippen molar-refractivity contribution in [2.24, 2.45) is 0 Å². The van der Waals surface area contributed by atoms with Crippen LogP contribution in [0.3, 0.4) is 0 Å². The van der Waals surface area contributed by atoms with Crippen LogP contribution in [0.15, 0.2) is 47.4 Å². The zero-order valence-corrected chi connectivity index (χ0v) is 13.9. The molecule has 1 aliphatic heterocycles. The van der Waals surface area contributed by atoms with Gasteiger partial charge in [0.15, 0.2) is 0 Å². The lowest BCUT2D eigenvalue weighted by Crippen LogP contribution is -2.11. The number of anilines is 1. The number of non-ortho nitro benzene ring substituents is 1. The number of hydrogen-bond acceptors (Lipinski definition) is 6. The lowest BCUT2D eigenvalue weighted by molar-refractivity contribution is -0.384. The molecular formula is C17H14N2O5S. The van der Waals surface area contributed by atoms with Crippen LogP contribution in [0.5, 0.6) is 0 Å². The van der Waals surface area contributed by atoms with E-state index in [0.29, 0.717) is 29.0 Å². The SMILES string of the molecule is O=C1CCSc2ccc(C(=O)OCc3ccc([N+](=O)[O-])cc3)cc2N1. The number of nitrogens with zero attached hydrogens (tertiary/aromatic N) is 1. The molecule has 2 aromatic rings. The standard InChI is InChI=1S/C17H14N2O5S/c20-16-7-8-25-15-6-3-12(9-14(15)18-16)17(21)24-10-11-1-4-13(5-2-11)19(22)23/h1-6,9H,7-8,10H2,(H,18,20). The van der Waals surface area contributed by atoms with Gasteiger partial charge < -0.3 is 10.1 Å². The lowest BCUT2D eigenvalue weighted by Gasteiger charge is -2.09. The molecule has 0 unspecified atom stereocenters. The van der Waals surface area contributed by atoms with E-state index in [0.717, 1.165) is 4.90 Å². The maximum Gasteiger partial charge on any atom is 0.338 e. The summed E-state index contributed by atoms with van der Waals surface area (Å²) in [5, 5.41) is 13.4. The molecule has 2 aromatic carbocycles. The molecule has 0 aromatic heterocycles. The number of nitrogens with one attached hydrogen (secondary N) is 1.